The largest absolute Gasteiger partial charge is 0.508 e. The molecule has 4 aromatic carbocycles. The normalized spacial score (nSPS) is 12.4. The van der Waals surface area contributed by atoms with Gasteiger partial charge in [-0.3, -0.25) is 9.11 Å². The van der Waals surface area contributed by atoms with Gasteiger partial charge in [0.15, 0.2) is 0 Å². The van der Waals surface area contributed by atoms with Gasteiger partial charge in [-0.2, -0.15) is 16.8 Å². The van der Waals surface area contributed by atoms with Gasteiger partial charge >= 0.3 is 0 Å². The highest BCUT2D eigenvalue weighted by molar-refractivity contribution is 7.99. The number of aryl methyl sites for hydroxylation is 2. The van der Waals surface area contributed by atoms with E-state index in [4.69, 9.17) is 4.74 Å². The average molecular weight is 771 g/mol. The predicted molar refractivity (Wildman–Crippen MR) is 212 cm³/mol. The van der Waals surface area contributed by atoms with Crippen LogP contribution in [0.25, 0.3) is 0 Å². The van der Waals surface area contributed by atoms with Gasteiger partial charge in [0.2, 0.25) is 0 Å². The summed E-state index contributed by atoms with van der Waals surface area (Å²) in [7, 11) is -8.19. The van der Waals surface area contributed by atoms with Gasteiger partial charge in [0, 0.05) is 15.2 Å². The zero-order valence-corrected chi connectivity index (χ0v) is 34.0. The zero-order valence-electron chi connectivity index (χ0n) is 31.5. The second-order valence-corrected chi connectivity index (χ2v) is 19.5. The summed E-state index contributed by atoms with van der Waals surface area (Å²) < 4.78 is 70.8. The van der Waals surface area contributed by atoms with Gasteiger partial charge < -0.3 is 9.84 Å². The molecule has 0 saturated carbocycles. The van der Waals surface area contributed by atoms with Gasteiger partial charge in [0.1, 0.15) is 17.2 Å². The molecule has 0 spiro atoms. The minimum atomic E-state index is -4.13. The molecule has 0 atom stereocenters. The van der Waals surface area contributed by atoms with Crippen LogP contribution in [0.5, 0.6) is 17.2 Å². The first-order valence-electron chi connectivity index (χ1n) is 17.5. The Hall–Kier alpha value is -3.35. The lowest BCUT2D eigenvalue weighted by Crippen LogP contribution is -2.22. The van der Waals surface area contributed by atoms with Crippen molar-refractivity contribution in [2.24, 2.45) is 5.92 Å². The smallest absolute Gasteiger partial charge is 0.264 e. The van der Waals surface area contributed by atoms with E-state index in [1.165, 1.54) is 0 Å². The Kier molecular flexibility index (Phi) is 15.0. The minimum absolute atomic E-state index is 0.169. The first-order chi connectivity index (χ1) is 24.0. The molecule has 0 aromatic heterocycles. The summed E-state index contributed by atoms with van der Waals surface area (Å²) in [5.74, 6) is 1.56. The fourth-order valence-electron chi connectivity index (χ4n) is 5.59. The van der Waals surface area contributed by atoms with Crippen molar-refractivity contribution >= 4 is 32.0 Å². The van der Waals surface area contributed by atoms with Crippen molar-refractivity contribution in [3.05, 3.63) is 113 Å². The fraction of sp³-hybridized carbons (Fsp3) is 0.415. The van der Waals surface area contributed by atoms with E-state index in [1.54, 1.807) is 23.9 Å². The molecular weight excluding hydrogens is 717 g/mol. The number of phenolic OH excluding ortho intramolecular Hbond substituents is 1. The van der Waals surface area contributed by atoms with Gasteiger partial charge in [-0.1, -0.05) is 97.5 Å². The van der Waals surface area contributed by atoms with E-state index in [0.717, 1.165) is 43.5 Å². The van der Waals surface area contributed by atoms with Gasteiger partial charge in [-0.15, -0.1) is 0 Å². The molecule has 0 heterocycles. The Labute approximate surface area is 315 Å². The summed E-state index contributed by atoms with van der Waals surface area (Å²) in [4.78, 5) is 1.98. The molecule has 0 saturated heterocycles. The van der Waals surface area contributed by atoms with Crippen LogP contribution in [-0.2, 0) is 43.9 Å². The Balaban J connectivity index is 0.00000173. The summed E-state index contributed by atoms with van der Waals surface area (Å²) in [5.41, 5.74) is 4.28. The molecule has 0 fully saturated rings. The maximum absolute atomic E-state index is 11.5. The highest BCUT2D eigenvalue weighted by Gasteiger charge is 2.27. The van der Waals surface area contributed by atoms with Crippen LogP contribution < -0.4 is 4.74 Å². The lowest BCUT2D eigenvalue weighted by atomic mass is 9.74. The standard InChI is InChI=1S/C37H44O8S3.C4H10/c1-36(2,3)34-20-10-28(24-26(34)8-6-22-47(39,40)41)37(4,5)29-11-21-35(27(25-29)9-7-23-48(42,43)44)45-31-14-18-33(19-15-31)46-32-16-12-30(38)13-17-32;1-4(2)3/h10-21,24-25,38H,6-9,22-23H2,1-5H3,(H,39,40,41)(H,42,43,44);4H,1-3H3. The molecule has 4 aromatic rings. The summed E-state index contributed by atoms with van der Waals surface area (Å²) in [6.07, 6.45) is 1.36. The van der Waals surface area contributed by atoms with Crippen molar-refractivity contribution in [2.75, 3.05) is 11.5 Å². The lowest BCUT2D eigenvalue weighted by molar-refractivity contribution is 0.470. The second kappa shape index (κ2) is 18.1. The first kappa shape index (κ1) is 43.1. The SMILES string of the molecule is CC(C)(C)c1ccc(C(C)(C)c2ccc(Oc3ccc(Sc4ccc(O)cc4)cc3)c(CCCS(=O)(=O)O)c2)cc1CCCS(=O)(=O)O.CC(C)C. The van der Waals surface area contributed by atoms with Crippen LogP contribution in [0.3, 0.4) is 0 Å². The molecule has 284 valence electrons. The molecule has 11 heteroatoms. The zero-order chi connectivity index (χ0) is 38.9. The first-order valence-corrected chi connectivity index (χ1v) is 21.5. The van der Waals surface area contributed by atoms with E-state index in [0.29, 0.717) is 30.8 Å². The second-order valence-electron chi connectivity index (χ2n) is 15.3. The summed E-state index contributed by atoms with van der Waals surface area (Å²) in [6, 6.07) is 26.8. The van der Waals surface area contributed by atoms with Crippen LogP contribution in [0, 0.1) is 5.92 Å². The Bertz CT molecular complexity index is 1970. The maximum atomic E-state index is 11.5. The van der Waals surface area contributed by atoms with Crippen molar-refractivity contribution in [1.29, 1.82) is 0 Å². The molecule has 52 heavy (non-hydrogen) atoms. The third-order valence-electron chi connectivity index (χ3n) is 8.24. The third kappa shape index (κ3) is 14.2. The molecular formula is C41H54O8S3. The van der Waals surface area contributed by atoms with Crippen LogP contribution in [0.2, 0.25) is 0 Å². The highest BCUT2D eigenvalue weighted by Crippen LogP contribution is 2.39. The van der Waals surface area contributed by atoms with Gasteiger partial charge in [0.25, 0.3) is 20.2 Å². The fourth-order valence-corrected chi connectivity index (χ4v) is 7.43. The predicted octanol–water partition coefficient (Wildman–Crippen LogP) is 10.3. The molecule has 8 nitrogen and oxygen atoms in total. The van der Waals surface area contributed by atoms with E-state index >= 15 is 0 Å². The van der Waals surface area contributed by atoms with E-state index in [9.17, 15) is 31.0 Å². The third-order valence-corrected chi connectivity index (χ3v) is 10.9. The average Bonchev–Trinajstić information content (AvgIpc) is 3.02. The highest BCUT2D eigenvalue weighted by atomic mass is 32.2. The van der Waals surface area contributed by atoms with Crippen molar-refractivity contribution in [1.82, 2.24) is 0 Å². The van der Waals surface area contributed by atoms with Crippen molar-refractivity contribution in [2.45, 2.75) is 102 Å². The van der Waals surface area contributed by atoms with E-state index < -0.39 is 25.7 Å². The molecule has 0 aliphatic carbocycles. The number of aromatic hydroxyl groups is 1. The van der Waals surface area contributed by atoms with E-state index in [1.807, 2.05) is 54.6 Å². The van der Waals surface area contributed by atoms with Crippen LogP contribution in [0.1, 0.15) is 96.0 Å². The number of rotatable bonds is 14. The molecule has 0 radical (unpaired) electrons. The molecule has 0 aliphatic rings. The maximum Gasteiger partial charge on any atom is 0.264 e. The topological polar surface area (TPSA) is 138 Å². The summed E-state index contributed by atoms with van der Waals surface area (Å²) in [6.45, 7) is 17.0. The monoisotopic (exact) mass is 770 g/mol. The van der Waals surface area contributed by atoms with Crippen molar-refractivity contribution < 1.29 is 35.8 Å². The van der Waals surface area contributed by atoms with Crippen LogP contribution in [0.4, 0.5) is 0 Å². The van der Waals surface area contributed by atoms with Crippen molar-refractivity contribution in [3.63, 3.8) is 0 Å². The Morgan fingerprint density at radius 2 is 1.10 bits per heavy atom. The van der Waals surface area contributed by atoms with Crippen LogP contribution in [-0.4, -0.2) is 42.6 Å². The number of hydrogen-bond acceptors (Lipinski definition) is 7. The molecule has 0 aliphatic heterocycles. The van der Waals surface area contributed by atoms with Crippen LogP contribution >= 0.6 is 11.8 Å². The Morgan fingerprint density at radius 1 is 0.654 bits per heavy atom. The van der Waals surface area contributed by atoms with Gasteiger partial charge in [0.05, 0.1) is 11.5 Å². The van der Waals surface area contributed by atoms with Crippen LogP contribution in [0.15, 0.2) is 94.7 Å². The van der Waals surface area contributed by atoms with Crippen molar-refractivity contribution in [3.8, 4) is 17.2 Å². The molecule has 3 N–H and O–H groups in total. The lowest BCUT2D eigenvalue weighted by Gasteiger charge is -2.30. The number of hydrogen-bond donors (Lipinski definition) is 3. The molecule has 4 rings (SSSR count). The quantitative estimate of drug-likeness (QED) is 0.107. The molecule has 0 amide bonds. The Morgan fingerprint density at radius 3 is 1.58 bits per heavy atom. The number of phenols is 1. The van der Waals surface area contributed by atoms with E-state index in [2.05, 4.69) is 73.6 Å². The minimum Gasteiger partial charge on any atom is -0.508 e. The van der Waals surface area contributed by atoms with Gasteiger partial charge in [-0.05, 0) is 119 Å². The summed E-state index contributed by atoms with van der Waals surface area (Å²) in [5, 5.41) is 9.54. The molecule has 0 unspecified atom stereocenters. The molecule has 0 bridgehead atoms. The van der Waals surface area contributed by atoms with E-state index in [-0.39, 0.29) is 29.1 Å². The van der Waals surface area contributed by atoms with Gasteiger partial charge in [-0.25, -0.2) is 0 Å². The summed E-state index contributed by atoms with van der Waals surface area (Å²) >= 11 is 1.55. The number of benzene rings is 4. The number of ether oxygens (including phenoxy) is 1.